The highest BCUT2D eigenvalue weighted by atomic mass is 28.4. The lowest BCUT2D eigenvalue weighted by Gasteiger charge is -2.14. The summed E-state index contributed by atoms with van der Waals surface area (Å²) < 4.78 is 0. The molecular formula is C10H16O3Si. The van der Waals surface area contributed by atoms with E-state index in [4.69, 9.17) is 0 Å². The van der Waals surface area contributed by atoms with Gasteiger partial charge >= 0.3 is 8.80 Å². The summed E-state index contributed by atoms with van der Waals surface area (Å²) in [5.74, 6) is 0. The predicted molar refractivity (Wildman–Crippen MR) is 57.1 cm³/mol. The van der Waals surface area contributed by atoms with E-state index in [0.29, 0.717) is 5.19 Å². The Labute approximate surface area is 85.0 Å². The second-order valence-corrected chi connectivity index (χ2v) is 5.21. The number of hydrogen-bond acceptors (Lipinski definition) is 3. The number of unbranched alkanes of at least 4 members (excludes halogenated alkanes) is 1. The van der Waals surface area contributed by atoms with Crippen LogP contribution in [0.25, 0.3) is 0 Å². The number of benzene rings is 1. The quantitative estimate of drug-likeness (QED) is 0.623. The van der Waals surface area contributed by atoms with Gasteiger partial charge in [-0.15, -0.1) is 0 Å². The third-order valence-corrected chi connectivity index (χ3v) is 3.39. The largest absolute Gasteiger partial charge is 0.529 e. The van der Waals surface area contributed by atoms with Crippen LogP contribution in [0, 0.1) is 0 Å². The molecular weight excluding hydrogens is 196 g/mol. The maximum atomic E-state index is 9.22. The summed E-state index contributed by atoms with van der Waals surface area (Å²) >= 11 is 0. The van der Waals surface area contributed by atoms with E-state index in [1.54, 1.807) is 12.1 Å². The molecule has 0 aliphatic rings. The molecule has 0 saturated carbocycles. The van der Waals surface area contributed by atoms with Crippen molar-refractivity contribution >= 4 is 14.0 Å². The Bertz CT molecular complexity index is 294. The van der Waals surface area contributed by atoms with Crippen LogP contribution in [-0.2, 0) is 6.42 Å². The third kappa shape index (κ3) is 2.92. The molecule has 3 N–H and O–H groups in total. The topological polar surface area (TPSA) is 60.7 Å². The normalized spacial score (nSPS) is 11.7. The highest BCUT2D eigenvalue weighted by Crippen LogP contribution is 2.05. The summed E-state index contributed by atoms with van der Waals surface area (Å²) in [6.07, 6.45) is 2.82. The first-order chi connectivity index (χ1) is 6.55. The SMILES string of the molecule is CCCCc1ccccc1[Si](O)(O)O. The average Bonchev–Trinajstić information content (AvgIpc) is 2.14. The second kappa shape index (κ2) is 4.70. The van der Waals surface area contributed by atoms with Gasteiger partial charge in [-0.2, -0.15) is 0 Å². The highest BCUT2D eigenvalue weighted by Gasteiger charge is 2.32. The van der Waals surface area contributed by atoms with Gasteiger partial charge in [0.2, 0.25) is 0 Å². The van der Waals surface area contributed by atoms with Gasteiger partial charge in [0.15, 0.2) is 0 Å². The summed E-state index contributed by atoms with van der Waals surface area (Å²) in [6.45, 7) is 2.07. The van der Waals surface area contributed by atoms with Crippen LogP contribution in [-0.4, -0.2) is 23.2 Å². The maximum Gasteiger partial charge on any atom is 0.529 e. The van der Waals surface area contributed by atoms with Gasteiger partial charge in [-0.25, -0.2) is 0 Å². The van der Waals surface area contributed by atoms with Crippen LogP contribution in [0.2, 0.25) is 0 Å². The van der Waals surface area contributed by atoms with Crippen LogP contribution in [0.3, 0.4) is 0 Å². The summed E-state index contributed by atoms with van der Waals surface area (Å²) in [5.41, 5.74) is 0.841. The molecule has 0 amide bonds. The van der Waals surface area contributed by atoms with Gasteiger partial charge in [0, 0.05) is 5.19 Å². The predicted octanol–water partition coefficient (Wildman–Crippen LogP) is 0.152. The van der Waals surface area contributed by atoms with Gasteiger partial charge in [0.25, 0.3) is 0 Å². The molecule has 0 atom stereocenters. The van der Waals surface area contributed by atoms with E-state index in [0.717, 1.165) is 24.8 Å². The van der Waals surface area contributed by atoms with Gasteiger partial charge in [0.1, 0.15) is 0 Å². The number of aryl methyl sites for hydroxylation is 1. The Morgan fingerprint density at radius 3 is 2.36 bits per heavy atom. The van der Waals surface area contributed by atoms with Gasteiger partial charge in [-0.3, -0.25) is 0 Å². The fourth-order valence-corrected chi connectivity index (χ4v) is 2.39. The molecule has 14 heavy (non-hydrogen) atoms. The summed E-state index contributed by atoms with van der Waals surface area (Å²) in [6, 6.07) is 6.95. The molecule has 0 unspecified atom stereocenters. The van der Waals surface area contributed by atoms with Crippen molar-refractivity contribution in [2.24, 2.45) is 0 Å². The van der Waals surface area contributed by atoms with Crippen molar-refractivity contribution in [1.82, 2.24) is 0 Å². The minimum absolute atomic E-state index is 0.313. The molecule has 4 heteroatoms. The van der Waals surface area contributed by atoms with Crippen molar-refractivity contribution < 1.29 is 14.4 Å². The van der Waals surface area contributed by atoms with Crippen LogP contribution >= 0.6 is 0 Å². The number of hydrogen-bond donors (Lipinski definition) is 3. The van der Waals surface area contributed by atoms with E-state index in [9.17, 15) is 14.4 Å². The molecule has 0 aliphatic heterocycles. The van der Waals surface area contributed by atoms with Crippen molar-refractivity contribution in [3.8, 4) is 0 Å². The molecule has 0 heterocycles. The minimum Gasteiger partial charge on any atom is -0.386 e. The Morgan fingerprint density at radius 1 is 1.14 bits per heavy atom. The molecule has 0 aliphatic carbocycles. The fraction of sp³-hybridized carbons (Fsp3) is 0.400. The summed E-state index contributed by atoms with van der Waals surface area (Å²) in [7, 11) is -4.13. The highest BCUT2D eigenvalue weighted by molar-refractivity contribution is 6.72. The van der Waals surface area contributed by atoms with E-state index in [1.165, 1.54) is 0 Å². The molecule has 1 rings (SSSR count). The lowest BCUT2D eigenvalue weighted by Crippen LogP contribution is -2.50. The van der Waals surface area contributed by atoms with Crippen molar-refractivity contribution in [2.75, 3.05) is 0 Å². The van der Waals surface area contributed by atoms with E-state index in [1.807, 2.05) is 12.1 Å². The standard InChI is InChI=1S/C10H16O3Si/c1-2-3-6-9-7-4-5-8-10(9)14(11,12)13/h4-5,7-8,11-13H,2-3,6H2,1H3. The molecule has 0 radical (unpaired) electrons. The van der Waals surface area contributed by atoms with E-state index < -0.39 is 8.80 Å². The van der Waals surface area contributed by atoms with Crippen molar-refractivity contribution in [1.29, 1.82) is 0 Å². The molecule has 1 aromatic rings. The van der Waals surface area contributed by atoms with Crippen LogP contribution in [0.15, 0.2) is 24.3 Å². The molecule has 1 aromatic carbocycles. The van der Waals surface area contributed by atoms with E-state index in [2.05, 4.69) is 6.92 Å². The van der Waals surface area contributed by atoms with Crippen LogP contribution in [0.1, 0.15) is 25.3 Å². The first-order valence-electron chi connectivity index (χ1n) is 4.81. The van der Waals surface area contributed by atoms with E-state index >= 15 is 0 Å². The number of rotatable bonds is 4. The fourth-order valence-electron chi connectivity index (χ4n) is 1.43. The Morgan fingerprint density at radius 2 is 1.79 bits per heavy atom. The third-order valence-electron chi connectivity index (χ3n) is 2.18. The summed E-state index contributed by atoms with van der Waals surface area (Å²) in [5, 5.41) is 0.313. The van der Waals surface area contributed by atoms with Crippen LogP contribution < -0.4 is 5.19 Å². The van der Waals surface area contributed by atoms with Gasteiger partial charge < -0.3 is 14.4 Å². The molecule has 78 valence electrons. The molecule has 3 nitrogen and oxygen atoms in total. The second-order valence-electron chi connectivity index (χ2n) is 3.40. The van der Waals surface area contributed by atoms with Crippen molar-refractivity contribution in [3.05, 3.63) is 29.8 Å². The van der Waals surface area contributed by atoms with Crippen molar-refractivity contribution in [3.63, 3.8) is 0 Å². The van der Waals surface area contributed by atoms with E-state index in [-0.39, 0.29) is 0 Å². The average molecular weight is 212 g/mol. The Hall–Kier alpha value is -0.683. The smallest absolute Gasteiger partial charge is 0.386 e. The van der Waals surface area contributed by atoms with Crippen LogP contribution in [0.4, 0.5) is 0 Å². The Kier molecular flexibility index (Phi) is 3.83. The van der Waals surface area contributed by atoms with Crippen molar-refractivity contribution in [2.45, 2.75) is 26.2 Å². The zero-order valence-electron chi connectivity index (χ0n) is 8.27. The van der Waals surface area contributed by atoms with Gasteiger partial charge in [-0.1, -0.05) is 37.6 Å². The van der Waals surface area contributed by atoms with Crippen LogP contribution in [0.5, 0.6) is 0 Å². The first-order valence-corrected chi connectivity index (χ1v) is 6.65. The minimum atomic E-state index is -4.13. The molecule has 0 bridgehead atoms. The maximum absolute atomic E-state index is 9.22. The molecule has 0 aromatic heterocycles. The lowest BCUT2D eigenvalue weighted by atomic mass is 10.1. The monoisotopic (exact) mass is 212 g/mol. The lowest BCUT2D eigenvalue weighted by molar-refractivity contribution is 0.249. The zero-order valence-corrected chi connectivity index (χ0v) is 9.27. The molecule has 0 spiro atoms. The molecule has 0 saturated heterocycles. The van der Waals surface area contributed by atoms with Gasteiger partial charge in [0.05, 0.1) is 0 Å². The van der Waals surface area contributed by atoms with Gasteiger partial charge in [-0.05, 0) is 18.4 Å². The zero-order chi connectivity index (χ0) is 10.6. The first kappa shape index (κ1) is 11.4. The molecule has 0 fully saturated rings. The summed E-state index contributed by atoms with van der Waals surface area (Å²) in [4.78, 5) is 27.7. The Balaban J connectivity index is 2.92.